The highest BCUT2D eigenvalue weighted by Gasteiger charge is 2.36. The largest absolute Gasteiger partial charge is 0.326 e. The first-order valence-corrected chi connectivity index (χ1v) is 5.23. The van der Waals surface area contributed by atoms with E-state index in [0.717, 1.165) is 0 Å². The first kappa shape index (κ1) is 9.36. The minimum absolute atomic E-state index is 0.185. The van der Waals surface area contributed by atoms with Crippen LogP contribution in [-0.2, 0) is 0 Å². The SMILES string of the molecule is CC(N)CN1C(=O)c2cscc2C1=O. The van der Waals surface area contributed by atoms with Crippen molar-refractivity contribution in [3.05, 3.63) is 21.9 Å². The van der Waals surface area contributed by atoms with Crippen molar-refractivity contribution in [1.82, 2.24) is 4.90 Å². The molecule has 2 heterocycles. The van der Waals surface area contributed by atoms with Gasteiger partial charge in [0.05, 0.1) is 11.1 Å². The van der Waals surface area contributed by atoms with Crippen molar-refractivity contribution in [3.63, 3.8) is 0 Å². The Morgan fingerprint density at radius 2 is 1.86 bits per heavy atom. The van der Waals surface area contributed by atoms with Crippen LogP contribution in [0.5, 0.6) is 0 Å². The van der Waals surface area contributed by atoms with Gasteiger partial charge in [-0.15, -0.1) is 0 Å². The van der Waals surface area contributed by atoms with Crippen molar-refractivity contribution in [3.8, 4) is 0 Å². The Morgan fingerprint density at radius 3 is 2.29 bits per heavy atom. The van der Waals surface area contributed by atoms with Crippen LogP contribution in [0.3, 0.4) is 0 Å². The van der Waals surface area contributed by atoms with Gasteiger partial charge in [-0.05, 0) is 6.92 Å². The maximum Gasteiger partial charge on any atom is 0.262 e. The highest BCUT2D eigenvalue weighted by molar-refractivity contribution is 7.08. The normalized spacial score (nSPS) is 17.4. The second-order valence-electron chi connectivity index (χ2n) is 3.40. The van der Waals surface area contributed by atoms with Gasteiger partial charge in [0.25, 0.3) is 11.8 Å². The Bertz CT molecular complexity index is 367. The van der Waals surface area contributed by atoms with E-state index in [2.05, 4.69) is 0 Å². The van der Waals surface area contributed by atoms with E-state index in [0.29, 0.717) is 11.1 Å². The molecule has 0 bridgehead atoms. The number of hydrogen-bond acceptors (Lipinski definition) is 4. The number of carbonyl (C=O) groups is 2. The van der Waals surface area contributed by atoms with Gasteiger partial charge in [-0.1, -0.05) is 0 Å². The topological polar surface area (TPSA) is 63.4 Å². The molecule has 1 unspecified atom stereocenters. The molecule has 2 rings (SSSR count). The molecule has 2 amide bonds. The number of nitrogens with two attached hydrogens (primary N) is 1. The molecule has 0 saturated carbocycles. The number of nitrogens with zero attached hydrogens (tertiary/aromatic N) is 1. The van der Waals surface area contributed by atoms with E-state index in [1.165, 1.54) is 16.2 Å². The Kier molecular flexibility index (Phi) is 2.13. The zero-order valence-electron chi connectivity index (χ0n) is 7.69. The van der Waals surface area contributed by atoms with Gasteiger partial charge in [0, 0.05) is 23.3 Å². The molecule has 1 atom stereocenters. The fourth-order valence-electron chi connectivity index (χ4n) is 1.47. The monoisotopic (exact) mass is 210 g/mol. The van der Waals surface area contributed by atoms with Crippen molar-refractivity contribution in [2.24, 2.45) is 5.73 Å². The van der Waals surface area contributed by atoms with Crippen LogP contribution in [0.25, 0.3) is 0 Å². The highest BCUT2D eigenvalue weighted by atomic mass is 32.1. The Labute approximate surface area is 85.3 Å². The van der Waals surface area contributed by atoms with Gasteiger partial charge < -0.3 is 5.73 Å². The molecular weight excluding hydrogens is 200 g/mol. The third kappa shape index (κ3) is 1.25. The fourth-order valence-corrected chi connectivity index (χ4v) is 2.26. The van der Waals surface area contributed by atoms with Crippen molar-refractivity contribution in [1.29, 1.82) is 0 Å². The van der Waals surface area contributed by atoms with E-state index in [9.17, 15) is 9.59 Å². The minimum atomic E-state index is -0.219. The van der Waals surface area contributed by atoms with E-state index in [4.69, 9.17) is 5.73 Å². The van der Waals surface area contributed by atoms with Gasteiger partial charge in [-0.2, -0.15) is 11.3 Å². The summed E-state index contributed by atoms with van der Waals surface area (Å²) in [5, 5.41) is 3.41. The van der Waals surface area contributed by atoms with Crippen molar-refractivity contribution >= 4 is 23.2 Å². The Balaban J connectivity index is 2.31. The number of rotatable bonds is 2. The molecule has 14 heavy (non-hydrogen) atoms. The zero-order valence-corrected chi connectivity index (χ0v) is 8.50. The molecule has 0 spiro atoms. The summed E-state index contributed by atoms with van der Waals surface area (Å²) in [6.45, 7) is 2.06. The van der Waals surface area contributed by atoms with Gasteiger partial charge >= 0.3 is 0 Å². The van der Waals surface area contributed by atoms with E-state index in [1.807, 2.05) is 0 Å². The molecule has 74 valence electrons. The molecule has 1 aliphatic heterocycles. The summed E-state index contributed by atoms with van der Waals surface area (Å²) in [7, 11) is 0. The molecule has 2 N–H and O–H groups in total. The van der Waals surface area contributed by atoms with Crippen LogP contribution in [-0.4, -0.2) is 29.3 Å². The second-order valence-corrected chi connectivity index (χ2v) is 4.14. The molecule has 0 saturated heterocycles. The molecule has 0 aliphatic carbocycles. The number of carbonyl (C=O) groups excluding carboxylic acids is 2. The fraction of sp³-hybridized carbons (Fsp3) is 0.333. The number of amides is 2. The van der Waals surface area contributed by atoms with Crippen LogP contribution in [0, 0.1) is 0 Å². The summed E-state index contributed by atoms with van der Waals surface area (Å²) >= 11 is 1.37. The third-order valence-corrected chi connectivity index (χ3v) is 2.83. The van der Waals surface area contributed by atoms with Crippen molar-refractivity contribution in [2.75, 3.05) is 6.54 Å². The van der Waals surface area contributed by atoms with Crippen LogP contribution in [0.4, 0.5) is 0 Å². The van der Waals surface area contributed by atoms with Gasteiger partial charge in [0.2, 0.25) is 0 Å². The predicted molar refractivity (Wildman–Crippen MR) is 53.3 cm³/mol. The Hall–Kier alpha value is -1.20. The average Bonchev–Trinajstić information content (AvgIpc) is 2.65. The van der Waals surface area contributed by atoms with E-state index >= 15 is 0 Å². The summed E-state index contributed by atoms with van der Waals surface area (Å²) in [5.74, 6) is -0.438. The summed E-state index contributed by atoms with van der Waals surface area (Å²) in [6, 6.07) is -0.185. The lowest BCUT2D eigenvalue weighted by Crippen LogP contribution is -2.39. The molecular formula is C9H10N2O2S. The molecule has 1 aromatic heterocycles. The highest BCUT2D eigenvalue weighted by Crippen LogP contribution is 2.25. The van der Waals surface area contributed by atoms with E-state index in [1.54, 1.807) is 17.7 Å². The maximum absolute atomic E-state index is 11.7. The van der Waals surface area contributed by atoms with Gasteiger partial charge in [0.1, 0.15) is 0 Å². The predicted octanol–water partition coefficient (Wildman–Crippen LogP) is 0.691. The van der Waals surface area contributed by atoms with Crippen LogP contribution in [0.15, 0.2) is 10.8 Å². The summed E-state index contributed by atoms with van der Waals surface area (Å²) in [6.07, 6.45) is 0. The van der Waals surface area contributed by atoms with Crippen molar-refractivity contribution in [2.45, 2.75) is 13.0 Å². The number of thiophene rings is 1. The second kappa shape index (κ2) is 3.18. The lowest BCUT2D eigenvalue weighted by molar-refractivity contribution is 0.0647. The van der Waals surface area contributed by atoms with Crippen LogP contribution < -0.4 is 5.73 Å². The number of imide groups is 1. The molecule has 0 radical (unpaired) electrons. The van der Waals surface area contributed by atoms with Crippen LogP contribution >= 0.6 is 11.3 Å². The summed E-state index contributed by atoms with van der Waals surface area (Å²) in [5.41, 5.74) is 6.59. The van der Waals surface area contributed by atoms with Crippen LogP contribution in [0.2, 0.25) is 0 Å². The maximum atomic E-state index is 11.7. The third-order valence-electron chi connectivity index (χ3n) is 2.08. The smallest absolute Gasteiger partial charge is 0.262 e. The molecule has 1 aliphatic rings. The van der Waals surface area contributed by atoms with E-state index < -0.39 is 0 Å². The number of hydrogen-bond donors (Lipinski definition) is 1. The first-order valence-electron chi connectivity index (χ1n) is 4.29. The zero-order chi connectivity index (χ0) is 10.3. The van der Waals surface area contributed by atoms with Gasteiger partial charge in [0.15, 0.2) is 0 Å². The molecule has 0 fully saturated rings. The van der Waals surface area contributed by atoms with Crippen molar-refractivity contribution < 1.29 is 9.59 Å². The first-order chi connectivity index (χ1) is 6.61. The molecule has 4 nitrogen and oxygen atoms in total. The van der Waals surface area contributed by atoms with Crippen LogP contribution in [0.1, 0.15) is 27.6 Å². The standard InChI is InChI=1S/C9H10N2O2S/c1-5(10)2-11-8(12)6-3-14-4-7(6)9(11)13/h3-5H,2,10H2,1H3. The van der Waals surface area contributed by atoms with Gasteiger partial charge in [-0.25, -0.2) is 0 Å². The molecule has 1 aromatic rings. The Morgan fingerprint density at radius 1 is 1.36 bits per heavy atom. The summed E-state index contributed by atoms with van der Waals surface area (Å²) in [4.78, 5) is 24.5. The van der Waals surface area contributed by atoms with Gasteiger partial charge in [-0.3, -0.25) is 14.5 Å². The molecule has 5 heteroatoms. The average molecular weight is 210 g/mol. The quantitative estimate of drug-likeness (QED) is 0.730. The summed E-state index contributed by atoms with van der Waals surface area (Å²) < 4.78 is 0. The lowest BCUT2D eigenvalue weighted by atomic mass is 10.2. The molecule has 0 aromatic carbocycles. The lowest BCUT2D eigenvalue weighted by Gasteiger charge is -2.15. The van der Waals surface area contributed by atoms with E-state index in [-0.39, 0.29) is 24.4 Å². The minimum Gasteiger partial charge on any atom is -0.326 e. The number of fused-ring (bicyclic) bond motifs is 1.